The minimum Gasteiger partial charge on any atom is -0.490 e. The van der Waals surface area contributed by atoms with Gasteiger partial charge in [0.15, 0.2) is 11.5 Å². The minimum absolute atomic E-state index is 0.131. The van der Waals surface area contributed by atoms with Gasteiger partial charge in [0.25, 0.3) is 0 Å². The molecule has 112 valence electrons. The predicted octanol–water partition coefficient (Wildman–Crippen LogP) is 1.38. The second kappa shape index (κ2) is 7.28. The van der Waals surface area contributed by atoms with Crippen LogP contribution in [0.1, 0.15) is 12.6 Å². The molecule has 21 heavy (non-hydrogen) atoms. The zero-order valence-electron chi connectivity index (χ0n) is 11.7. The van der Waals surface area contributed by atoms with Crippen LogP contribution in [0.4, 0.5) is 0 Å². The van der Waals surface area contributed by atoms with Crippen LogP contribution in [0.15, 0.2) is 30.5 Å². The molecule has 7 heteroatoms. The van der Waals surface area contributed by atoms with E-state index in [2.05, 4.69) is 10.3 Å². The Kier molecular flexibility index (Phi) is 5.14. The summed E-state index contributed by atoms with van der Waals surface area (Å²) in [4.78, 5) is 10.6. The highest BCUT2D eigenvalue weighted by atomic mass is 16.5. The molecule has 0 atom stereocenters. The maximum absolute atomic E-state index is 10.6. The fourth-order valence-corrected chi connectivity index (χ4v) is 1.78. The van der Waals surface area contributed by atoms with Crippen molar-refractivity contribution < 1.29 is 19.4 Å². The number of aromatic nitrogens is 3. The van der Waals surface area contributed by atoms with Crippen molar-refractivity contribution in [3.05, 3.63) is 36.2 Å². The molecule has 0 bridgehead atoms. The highest BCUT2D eigenvalue weighted by Crippen LogP contribution is 2.26. The van der Waals surface area contributed by atoms with Crippen LogP contribution < -0.4 is 9.47 Å². The van der Waals surface area contributed by atoms with E-state index in [1.807, 2.05) is 31.2 Å². The number of hydrogen-bond acceptors (Lipinski definition) is 5. The lowest BCUT2D eigenvalue weighted by Crippen LogP contribution is -2.09. The van der Waals surface area contributed by atoms with Crippen LogP contribution in [0.25, 0.3) is 0 Å². The van der Waals surface area contributed by atoms with Crippen LogP contribution in [0.2, 0.25) is 0 Å². The number of ether oxygens (including phenoxy) is 2. The molecule has 0 fully saturated rings. The van der Waals surface area contributed by atoms with Gasteiger partial charge in [-0.05, 0) is 19.1 Å². The van der Waals surface area contributed by atoms with Crippen molar-refractivity contribution in [2.45, 2.75) is 19.9 Å². The van der Waals surface area contributed by atoms with Gasteiger partial charge < -0.3 is 14.6 Å². The third kappa shape index (κ3) is 4.48. The van der Waals surface area contributed by atoms with Gasteiger partial charge in [-0.25, -0.2) is 4.68 Å². The monoisotopic (exact) mass is 291 g/mol. The van der Waals surface area contributed by atoms with Crippen LogP contribution in [0.5, 0.6) is 11.5 Å². The van der Waals surface area contributed by atoms with Crippen LogP contribution in [0, 0.1) is 0 Å². The van der Waals surface area contributed by atoms with Gasteiger partial charge in [0.1, 0.15) is 6.61 Å². The predicted molar refractivity (Wildman–Crippen MR) is 74.5 cm³/mol. The molecule has 0 unspecified atom stereocenters. The molecular formula is C14H17N3O4. The first-order valence-electron chi connectivity index (χ1n) is 6.64. The van der Waals surface area contributed by atoms with Crippen LogP contribution in [-0.4, -0.2) is 39.3 Å². The van der Waals surface area contributed by atoms with Crippen LogP contribution in [-0.2, 0) is 17.8 Å². The molecule has 0 saturated heterocycles. The van der Waals surface area contributed by atoms with E-state index in [0.29, 0.717) is 37.0 Å². The summed E-state index contributed by atoms with van der Waals surface area (Å²) in [5.41, 5.74) is 0.428. The third-order valence-electron chi connectivity index (χ3n) is 2.65. The fourth-order valence-electron chi connectivity index (χ4n) is 1.78. The largest absolute Gasteiger partial charge is 0.490 e. The van der Waals surface area contributed by atoms with E-state index in [1.54, 1.807) is 10.9 Å². The molecule has 0 aliphatic heterocycles. The summed E-state index contributed by atoms with van der Waals surface area (Å²) in [6.45, 7) is 3.35. The molecule has 1 heterocycles. The summed E-state index contributed by atoms with van der Waals surface area (Å²) in [7, 11) is 0. The van der Waals surface area contributed by atoms with Gasteiger partial charge in [0, 0.05) is 6.20 Å². The number of carboxylic acid groups (broad SMARTS) is 1. The van der Waals surface area contributed by atoms with Crippen molar-refractivity contribution in [2.75, 3.05) is 13.2 Å². The van der Waals surface area contributed by atoms with Crippen molar-refractivity contribution in [3.8, 4) is 11.5 Å². The van der Waals surface area contributed by atoms with Gasteiger partial charge in [0.2, 0.25) is 0 Å². The highest BCUT2D eigenvalue weighted by molar-refractivity contribution is 5.69. The second-order valence-electron chi connectivity index (χ2n) is 4.27. The molecule has 1 aromatic carbocycles. The lowest BCUT2D eigenvalue weighted by atomic mass is 10.3. The Hall–Kier alpha value is -2.57. The second-order valence-corrected chi connectivity index (χ2v) is 4.27. The quantitative estimate of drug-likeness (QED) is 0.790. The maximum atomic E-state index is 10.6. The first-order valence-corrected chi connectivity index (χ1v) is 6.64. The van der Waals surface area contributed by atoms with Crippen LogP contribution in [0.3, 0.4) is 0 Å². The molecule has 7 nitrogen and oxygen atoms in total. The van der Waals surface area contributed by atoms with E-state index < -0.39 is 5.97 Å². The summed E-state index contributed by atoms with van der Waals surface area (Å²) in [5, 5.41) is 16.3. The average Bonchev–Trinajstić information content (AvgIpc) is 2.88. The summed E-state index contributed by atoms with van der Waals surface area (Å²) in [5.74, 6) is 0.444. The number of rotatable bonds is 8. The smallest absolute Gasteiger partial charge is 0.309 e. The van der Waals surface area contributed by atoms with Crippen LogP contribution >= 0.6 is 0 Å². The van der Waals surface area contributed by atoms with E-state index in [-0.39, 0.29) is 6.42 Å². The lowest BCUT2D eigenvalue weighted by Gasteiger charge is -2.11. The zero-order chi connectivity index (χ0) is 15.1. The van der Waals surface area contributed by atoms with Gasteiger partial charge in [-0.2, -0.15) is 0 Å². The van der Waals surface area contributed by atoms with E-state index in [0.717, 1.165) is 0 Å². The van der Waals surface area contributed by atoms with Crippen molar-refractivity contribution in [2.24, 2.45) is 0 Å². The van der Waals surface area contributed by atoms with Gasteiger partial charge >= 0.3 is 5.97 Å². The Morgan fingerprint density at radius 3 is 2.67 bits per heavy atom. The normalized spacial score (nSPS) is 10.3. The Morgan fingerprint density at radius 2 is 2.00 bits per heavy atom. The first kappa shape index (κ1) is 14.8. The number of aliphatic carboxylic acids is 1. The van der Waals surface area contributed by atoms with E-state index >= 15 is 0 Å². The number of hydrogen-bond donors (Lipinski definition) is 1. The van der Waals surface area contributed by atoms with Gasteiger partial charge in [-0.3, -0.25) is 4.79 Å². The Bertz CT molecular complexity index is 597. The molecule has 1 N–H and O–H groups in total. The van der Waals surface area contributed by atoms with Gasteiger partial charge in [-0.1, -0.05) is 17.3 Å². The summed E-state index contributed by atoms with van der Waals surface area (Å²) in [6, 6.07) is 7.44. The molecule has 0 amide bonds. The van der Waals surface area contributed by atoms with Crippen molar-refractivity contribution >= 4 is 5.97 Å². The summed E-state index contributed by atoms with van der Waals surface area (Å²) >= 11 is 0. The molecule has 0 aliphatic rings. The lowest BCUT2D eigenvalue weighted by molar-refractivity contribution is -0.136. The molecular weight excluding hydrogens is 274 g/mol. The van der Waals surface area contributed by atoms with Gasteiger partial charge in [0.05, 0.1) is 25.3 Å². The number of carbonyl (C=O) groups is 1. The number of carboxylic acids is 1. The fraction of sp³-hybridized carbons (Fsp3) is 0.357. The standard InChI is InChI=1S/C14H17N3O4/c1-2-20-12-5-3-4-6-13(12)21-8-7-17-10-11(15-16-17)9-14(18)19/h3-6,10H,2,7-9H2,1H3,(H,18,19). The van der Waals surface area contributed by atoms with Crippen molar-refractivity contribution in [3.63, 3.8) is 0 Å². The van der Waals surface area contributed by atoms with Crippen molar-refractivity contribution in [1.29, 1.82) is 0 Å². The SMILES string of the molecule is CCOc1ccccc1OCCn1cc(CC(=O)O)nn1. The third-order valence-corrected chi connectivity index (χ3v) is 2.65. The van der Waals surface area contributed by atoms with Crippen molar-refractivity contribution in [1.82, 2.24) is 15.0 Å². The van der Waals surface area contributed by atoms with E-state index in [4.69, 9.17) is 14.6 Å². The summed E-state index contributed by atoms with van der Waals surface area (Å²) in [6.07, 6.45) is 1.47. The minimum atomic E-state index is -0.927. The highest BCUT2D eigenvalue weighted by Gasteiger charge is 2.06. The molecule has 2 rings (SSSR count). The molecule has 0 aliphatic carbocycles. The van der Waals surface area contributed by atoms with Gasteiger partial charge in [-0.15, -0.1) is 5.10 Å². The van der Waals surface area contributed by atoms with E-state index in [1.165, 1.54) is 0 Å². The number of benzene rings is 1. The molecule has 0 radical (unpaired) electrons. The molecule has 0 spiro atoms. The zero-order valence-corrected chi connectivity index (χ0v) is 11.7. The summed E-state index contributed by atoms with van der Waals surface area (Å²) < 4.78 is 12.7. The topological polar surface area (TPSA) is 86.5 Å². The Balaban J connectivity index is 1.86. The number of nitrogens with zero attached hydrogens (tertiary/aromatic N) is 3. The molecule has 1 aromatic heterocycles. The number of para-hydroxylation sites is 2. The molecule has 2 aromatic rings. The first-order chi connectivity index (χ1) is 10.2. The van der Waals surface area contributed by atoms with E-state index in [9.17, 15) is 4.79 Å². The Morgan fingerprint density at radius 1 is 1.29 bits per heavy atom. The average molecular weight is 291 g/mol. The molecule has 0 saturated carbocycles. The maximum Gasteiger partial charge on any atom is 0.309 e. The Labute approximate surface area is 122 Å².